The lowest BCUT2D eigenvalue weighted by Crippen LogP contribution is -2.30. The van der Waals surface area contributed by atoms with Gasteiger partial charge in [-0.25, -0.2) is 0 Å². The van der Waals surface area contributed by atoms with E-state index >= 15 is 0 Å². The molecule has 1 atom stereocenters. The highest BCUT2D eigenvalue weighted by Crippen LogP contribution is 2.32. The summed E-state index contributed by atoms with van der Waals surface area (Å²) in [7, 11) is 1.90. The van der Waals surface area contributed by atoms with E-state index < -0.39 is 0 Å². The summed E-state index contributed by atoms with van der Waals surface area (Å²) >= 11 is 0. The zero-order valence-corrected chi connectivity index (χ0v) is 14.4. The molecule has 0 bridgehead atoms. The summed E-state index contributed by atoms with van der Waals surface area (Å²) < 4.78 is 7.01. The Balaban J connectivity index is 1.50. The van der Waals surface area contributed by atoms with Crippen molar-refractivity contribution < 1.29 is 9.32 Å². The number of carbonyl (C=O) groups is 1. The van der Waals surface area contributed by atoms with Crippen molar-refractivity contribution in [3.63, 3.8) is 0 Å². The van der Waals surface area contributed by atoms with E-state index in [0.29, 0.717) is 18.7 Å². The summed E-state index contributed by atoms with van der Waals surface area (Å²) in [6.07, 6.45) is 9.69. The van der Waals surface area contributed by atoms with Crippen LogP contribution in [-0.2, 0) is 24.7 Å². The van der Waals surface area contributed by atoms with Crippen LogP contribution in [-0.4, -0.2) is 37.3 Å². The molecule has 1 aliphatic heterocycles. The van der Waals surface area contributed by atoms with Gasteiger partial charge in [-0.1, -0.05) is 12.1 Å². The van der Waals surface area contributed by atoms with E-state index in [1.54, 1.807) is 4.68 Å². The van der Waals surface area contributed by atoms with Crippen LogP contribution in [0.5, 0.6) is 0 Å². The molecule has 0 aromatic carbocycles. The number of nitrogens with zero attached hydrogens (tertiary/aromatic N) is 5. The first-order chi connectivity index (χ1) is 11.7. The summed E-state index contributed by atoms with van der Waals surface area (Å²) in [5, 5.41) is 8.17. The van der Waals surface area contributed by atoms with Crippen LogP contribution >= 0.6 is 0 Å². The van der Waals surface area contributed by atoms with Gasteiger partial charge in [0.15, 0.2) is 5.82 Å². The van der Waals surface area contributed by atoms with Crippen molar-refractivity contribution >= 4 is 5.91 Å². The zero-order valence-electron chi connectivity index (χ0n) is 14.4. The monoisotopic (exact) mass is 331 g/mol. The Bertz CT molecular complexity index is 678. The Labute approximate surface area is 142 Å². The number of likely N-dealkylation sites (tertiary alicyclic amines) is 1. The fourth-order valence-electron chi connectivity index (χ4n) is 3.28. The van der Waals surface area contributed by atoms with Crippen molar-refractivity contribution in [1.29, 1.82) is 0 Å². The minimum absolute atomic E-state index is 0.172. The molecule has 0 saturated carbocycles. The Hall–Kier alpha value is -2.18. The van der Waals surface area contributed by atoms with Crippen molar-refractivity contribution in [3.05, 3.63) is 29.7 Å². The van der Waals surface area contributed by atoms with E-state index in [-0.39, 0.29) is 11.9 Å². The molecular formula is C17H25N5O2. The Morgan fingerprint density at radius 1 is 1.42 bits per heavy atom. The van der Waals surface area contributed by atoms with Crippen LogP contribution in [0.15, 0.2) is 16.9 Å². The van der Waals surface area contributed by atoms with Crippen LogP contribution in [0.1, 0.15) is 62.3 Å². The molecule has 130 valence electrons. The smallest absolute Gasteiger partial charge is 0.226 e. The minimum Gasteiger partial charge on any atom is -0.339 e. The molecule has 0 N–H and O–H groups in total. The van der Waals surface area contributed by atoms with Crippen LogP contribution in [0.4, 0.5) is 0 Å². The average molecular weight is 331 g/mol. The zero-order chi connectivity index (χ0) is 16.9. The molecule has 1 aliphatic rings. The fraction of sp³-hybridized carbons (Fsp3) is 0.647. The van der Waals surface area contributed by atoms with Gasteiger partial charge in [-0.2, -0.15) is 10.1 Å². The maximum Gasteiger partial charge on any atom is 0.226 e. The highest BCUT2D eigenvalue weighted by Gasteiger charge is 2.30. The number of aromatic nitrogens is 4. The molecule has 2 aromatic rings. The standard InChI is InChI=1S/C17H25N5O2/c1-3-6-15-19-16(24-20-15)8-4-9-17(23)22-10-5-7-14(22)13-11-18-21(2)12-13/h11-12,14H,3-10H2,1-2H3/t14-/m1/s1. The fourth-order valence-corrected chi connectivity index (χ4v) is 3.28. The van der Waals surface area contributed by atoms with E-state index in [2.05, 4.69) is 22.2 Å². The highest BCUT2D eigenvalue weighted by molar-refractivity contribution is 5.77. The van der Waals surface area contributed by atoms with Gasteiger partial charge in [-0.05, 0) is 25.7 Å². The van der Waals surface area contributed by atoms with Gasteiger partial charge >= 0.3 is 0 Å². The third kappa shape index (κ3) is 3.83. The lowest BCUT2D eigenvalue weighted by atomic mass is 10.1. The Morgan fingerprint density at radius 3 is 3.04 bits per heavy atom. The largest absolute Gasteiger partial charge is 0.339 e. The molecule has 1 fully saturated rings. The minimum atomic E-state index is 0.172. The van der Waals surface area contributed by atoms with Gasteiger partial charge < -0.3 is 9.42 Å². The van der Waals surface area contributed by atoms with Gasteiger partial charge in [-0.15, -0.1) is 0 Å². The number of amides is 1. The maximum absolute atomic E-state index is 12.6. The molecule has 0 unspecified atom stereocenters. The lowest BCUT2D eigenvalue weighted by Gasteiger charge is -2.23. The second-order valence-corrected chi connectivity index (χ2v) is 6.40. The summed E-state index contributed by atoms with van der Waals surface area (Å²) in [5.74, 6) is 1.60. The number of hydrogen-bond donors (Lipinski definition) is 0. The van der Waals surface area contributed by atoms with Crippen LogP contribution in [0.2, 0.25) is 0 Å². The van der Waals surface area contributed by atoms with Crippen molar-refractivity contribution in [3.8, 4) is 0 Å². The van der Waals surface area contributed by atoms with Crippen molar-refractivity contribution in [2.24, 2.45) is 7.05 Å². The highest BCUT2D eigenvalue weighted by atomic mass is 16.5. The molecule has 24 heavy (non-hydrogen) atoms. The van der Waals surface area contributed by atoms with Gasteiger partial charge in [0.05, 0.1) is 12.2 Å². The Kier molecular flexibility index (Phi) is 5.27. The summed E-state index contributed by atoms with van der Waals surface area (Å²) in [4.78, 5) is 18.9. The third-order valence-electron chi connectivity index (χ3n) is 4.45. The quantitative estimate of drug-likeness (QED) is 0.779. The van der Waals surface area contributed by atoms with Crippen molar-refractivity contribution in [1.82, 2.24) is 24.8 Å². The molecule has 0 radical (unpaired) electrons. The third-order valence-corrected chi connectivity index (χ3v) is 4.45. The summed E-state index contributed by atoms with van der Waals surface area (Å²) in [6.45, 7) is 2.92. The molecular weight excluding hydrogens is 306 g/mol. The topological polar surface area (TPSA) is 77.0 Å². The van der Waals surface area contributed by atoms with E-state index in [4.69, 9.17) is 4.52 Å². The maximum atomic E-state index is 12.6. The number of rotatable bonds is 7. The van der Waals surface area contributed by atoms with Crippen LogP contribution in [0.25, 0.3) is 0 Å². The second kappa shape index (κ2) is 7.59. The van der Waals surface area contributed by atoms with Crippen LogP contribution < -0.4 is 0 Å². The van der Waals surface area contributed by atoms with Crippen LogP contribution in [0, 0.1) is 0 Å². The molecule has 1 amide bonds. The SMILES string of the molecule is CCCc1noc(CCCC(=O)N2CCC[C@@H]2c2cnn(C)c2)n1. The molecule has 0 aliphatic carbocycles. The predicted octanol–water partition coefficient (Wildman–Crippen LogP) is 2.44. The number of carbonyl (C=O) groups excluding carboxylic acids is 1. The van der Waals surface area contributed by atoms with Gasteiger partial charge in [0.1, 0.15) is 0 Å². The van der Waals surface area contributed by atoms with E-state index in [1.807, 2.05) is 24.3 Å². The first kappa shape index (κ1) is 16.7. The molecule has 7 heteroatoms. The average Bonchev–Trinajstić information content (AvgIpc) is 3.27. The van der Waals surface area contributed by atoms with Gasteiger partial charge in [0.25, 0.3) is 0 Å². The van der Waals surface area contributed by atoms with E-state index in [1.165, 1.54) is 0 Å². The molecule has 7 nitrogen and oxygen atoms in total. The second-order valence-electron chi connectivity index (χ2n) is 6.40. The molecule has 0 spiro atoms. The first-order valence-corrected chi connectivity index (χ1v) is 8.77. The lowest BCUT2D eigenvalue weighted by molar-refractivity contribution is -0.132. The normalized spacial score (nSPS) is 17.6. The molecule has 3 rings (SSSR count). The number of hydrogen-bond acceptors (Lipinski definition) is 5. The van der Waals surface area contributed by atoms with Gasteiger partial charge in [0, 0.05) is 44.6 Å². The molecule has 1 saturated heterocycles. The predicted molar refractivity (Wildman–Crippen MR) is 88.1 cm³/mol. The molecule has 3 heterocycles. The molecule has 2 aromatic heterocycles. The van der Waals surface area contributed by atoms with E-state index in [0.717, 1.165) is 50.0 Å². The van der Waals surface area contributed by atoms with Gasteiger partial charge in [-0.3, -0.25) is 9.48 Å². The Morgan fingerprint density at radius 2 is 2.29 bits per heavy atom. The number of aryl methyl sites for hydroxylation is 3. The summed E-state index contributed by atoms with van der Waals surface area (Å²) in [5.41, 5.74) is 1.13. The van der Waals surface area contributed by atoms with Crippen molar-refractivity contribution in [2.75, 3.05) is 6.54 Å². The van der Waals surface area contributed by atoms with Crippen molar-refractivity contribution in [2.45, 2.75) is 57.9 Å². The first-order valence-electron chi connectivity index (χ1n) is 8.77. The van der Waals surface area contributed by atoms with Crippen LogP contribution in [0.3, 0.4) is 0 Å². The van der Waals surface area contributed by atoms with Gasteiger partial charge in [0.2, 0.25) is 11.8 Å². The summed E-state index contributed by atoms with van der Waals surface area (Å²) in [6, 6.07) is 0.172. The van der Waals surface area contributed by atoms with E-state index in [9.17, 15) is 4.79 Å².